The molecule has 0 saturated heterocycles. The van der Waals surface area contributed by atoms with Gasteiger partial charge >= 0.3 is 0 Å². The van der Waals surface area contributed by atoms with Crippen molar-refractivity contribution in [1.82, 2.24) is 0 Å². The summed E-state index contributed by atoms with van der Waals surface area (Å²) >= 11 is 3.28. The molecular formula is C24H40BrN3O12. The summed E-state index contributed by atoms with van der Waals surface area (Å²) in [5.41, 5.74) is -0.515. The Morgan fingerprint density at radius 2 is 0.950 bits per heavy atom. The molecule has 15 nitrogen and oxygen atoms in total. The van der Waals surface area contributed by atoms with Gasteiger partial charge in [0.05, 0.1) is 122 Å². The molecule has 1 rings (SSSR count). The van der Waals surface area contributed by atoms with E-state index in [9.17, 15) is 20.2 Å². The number of nitro benzene ring substituents is 2. The molecule has 0 aliphatic heterocycles. The lowest BCUT2D eigenvalue weighted by Crippen LogP contribution is -2.15. The number of hydrogen-bond acceptors (Lipinski definition) is 13. The first kappa shape index (κ1) is 36.0. The fraction of sp³-hybridized carbons (Fsp3) is 0.750. The van der Waals surface area contributed by atoms with Crippen molar-refractivity contribution in [2.75, 3.05) is 123 Å². The largest absolute Gasteiger partial charge is 0.378 e. The van der Waals surface area contributed by atoms with E-state index in [2.05, 4.69) is 21.2 Å². The molecule has 0 aliphatic carbocycles. The van der Waals surface area contributed by atoms with Crippen molar-refractivity contribution < 1.29 is 47.7 Å². The monoisotopic (exact) mass is 641 g/mol. The van der Waals surface area contributed by atoms with Crippen molar-refractivity contribution in [3.05, 3.63) is 38.4 Å². The van der Waals surface area contributed by atoms with Crippen molar-refractivity contribution in [2.45, 2.75) is 0 Å². The van der Waals surface area contributed by atoms with Gasteiger partial charge in [0.25, 0.3) is 11.4 Å². The lowest BCUT2D eigenvalue weighted by atomic mass is 10.2. The van der Waals surface area contributed by atoms with Gasteiger partial charge < -0.3 is 43.2 Å². The molecule has 0 atom stereocenters. The van der Waals surface area contributed by atoms with E-state index in [4.69, 9.17) is 37.9 Å². The van der Waals surface area contributed by atoms with Crippen LogP contribution in [0.4, 0.5) is 17.1 Å². The average Bonchev–Trinajstić information content (AvgIpc) is 2.94. The van der Waals surface area contributed by atoms with Gasteiger partial charge in [-0.05, 0) is 6.07 Å². The van der Waals surface area contributed by atoms with Gasteiger partial charge in [-0.25, -0.2) is 0 Å². The Hall–Kier alpha value is -2.02. The molecule has 0 heterocycles. The van der Waals surface area contributed by atoms with Gasteiger partial charge in [-0.2, -0.15) is 0 Å². The number of hydrogen-bond donors (Lipinski definition) is 1. The van der Waals surface area contributed by atoms with E-state index >= 15 is 0 Å². The highest BCUT2D eigenvalue weighted by Crippen LogP contribution is 2.28. The average molecular weight is 642 g/mol. The molecule has 0 saturated carbocycles. The molecule has 1 N–H and O–H groups in total. The third kappa shape index (κ3) is 19.9. The molecule has 0 spiro atoms. The maximum absolute atomic E-state index is 11.1. The van der Waals surface area contributed by atoms with Crippen LogP contribution in [0.15, 0.2) is 18.2 Å². The predicted molar refractivity (Wildman–Crippen MR) is 149 cm³/mol. The van der Waals surface area contributed by atoms with E-state index in [1.54, 1.807) is 0 Å². The molecular weight excluding hydrogens is 602 g/mol. The summed E-state index contributed by atoms with van der Waals surface area (Å²) in [7, 11) is 0. The summed E-state index contributed by atoms with van der Waals surface area (Å²) in [5.74, 6) is 0. The summed E-state index contributed by atoms with van der Waals surface area (Å²) < 4.78 is 43.1. The summed E-state index contributed by atoms with van der Waals surface area (Å²) in [4.78, 5) is 20.5. The molecule has 1 aromatic rings. The Morgan fingerprint density at radius 1 is 0.575 bits per heavy atom. The SMILES string of the molecule is O=[N+]([O-])c1ccc(NCCOCCOCCOCCOCCOCCOCCOCCOCCBr)c([N+](=O)[O-])c1. The molecule has 0 aliphatic rings. The molecule has 16 heteroatoms. The van der Waals surface area contributed by atoms with Crippen LogP contribution in [-0.2, 0) is 37.9 Å². The Bertz CT molecular complexity index is 793. The van der Waals surface area contributed by atoms with Crippen LogP contribution in [-0.4, -0.2) is 127 Å². The smallest absolute Gasteiger partial charge is 0.299 e. The van der Waals surface area contributed by atoms with Crippen LogP contribution < -0.4 is 5.32 Å². The highest BCUT2D eigenvalue weighted by Gasteiger charge is 2.18. The summed E-state index contributed by atoms with van der Waals surface area (Å²) in [5, 5.41) is 25.5. The third-order valence-electron chi connectivity index (χ3n) is 4.78. The van der Waals surface area contributed by atoms with E-state index in [1.807, 2.05) is 0 Å². The molecule has 0 bridgehead atoms. The van der Waals surface area contributed by atoms with E-state index in [-0.39, 0.29) is 23.7 Å². The first-order valence-corrected chi connectivity index (χ1v) is 14.0. The first-order chi connectivity index (χ1) is 19.6. The zero-order chi connectivity index (χ0) is 29.1. The Kier molecular flexibility index (Phi) is 23.3. The van der Waals surface area contributed by atoms with E-state index in [0.29, 0.717) is 106 Å². The Balaban J connectivity index is 1.80. The van der Waals surface area contributed by atoms with Crippen molar-refractivity contribution in [2.24, 2.45) is 0 Å². The number of nitrogens with one attached hydrogen (secondary N) is 1. The minimum absolute atomic E-state index is 0.190. The van der Waals surface area contributed by atoms with Crippen LogP contribution in [0.3, 0.4) is 0 Å². The molecule has 230 valence electrons. The summed E-state index contributed by atoms with van der Waals surface area (Å²) in [6.07, 6.45) is 0. The van der Waals surface area contributed by atoms with Crippen LogP contribution in [0.2, 0.25) is 0 Å². The highest BCUT2D eigenvalue weighted by molar-refractivity contribution is 9.09. The van der Waals surface area contributed by atoms with Gasteiger partial charge in [-0.15, -0.1) is 0 Å². The van der Waals surface area contributed by atoms with Crippen molar-refractivity contribution in [3.63, 3.8) is 0 Å². The number of halogens is 1. The normalized spacial score (nSPS) is 11.1. The zero-order valence-electron chi connectivity index (χ0n) is 22.6. The maximum atomic E-state index is 11.1. The number of ether oxygens (including phenoxy) is 8. The standard InChI is InChI=1S/C24H40BrN3O12/c25-3-5-33-7-9-35-11-13-37-15-17-39-19-20-40-18-16-38-14-12-36-10-8-34-6-4-26-23-2-1-22(27(29)30)21-24(23)28(31)32/h1-2,21,26H,3-20H2. The lowest BCUT2D eigenvalue weighted by Gasteiger charge is -2.09. The second kappa shape index (κ2) is 25.9. The molecule has 1 aromatic carbocycles. The fourth-order valence-corrected chi connectivity index (χ4v) is 3.12. The summed E-state index contributed by atoms with van der Waals surface area (Å²) in [6.45, 7) is 7.86. The number of alkyl halides is 1. The number of nitrogens with zero attached hydrogens (tertiary/aromatic N) is 2. The van der Waals surface area contributed by atoms with Crippen LogP contribution >= 0.6 is 15.9 Å². The Morgan fingerprint density at radius 3 is 1.30 bits per heavy atom. The van der Waals surface area contributed by atoms with E-state index in [1.165, 1.54) is 12.1 Å². The molecule has 0 unspecified atom stereocenters. The van der Waals surface area contributed by atoms with Gasteiger partial charge in [-0.3, -0.25) is 20.2 Å². The highest BCUT2D eigenvalue weighted by atomic mass is 79.9. The maximum Gasteiger partial charge on any atom is 0.299 e. The minimum atomic E-state index is -0.680. The minimum Gasteiger partial charge on any atom is -0.378 e. The molecule has 40 heavy (non-hydrogen) atoms. The van der Waals surface area contributed by atoms with Crippen molar-refractivity contribution in [1.29, 1.82) is 0 Å². The number of benzene rings is 1. The number of anilines is 1. The molecule has 0 aromatic heterocycles. The zero-order valence-corrected chi connectivity index (χ0v) is 24.2. The molecule has 0 amide bonds. The third-order valence-corrected chi connectivity index (χ3v) is 5.10. The van der Waals surface area contributed by atoms with Crippen LogP contribution in [0.1, 0.15) is 0 Å². The van der Waals surface area contributed by atoms with Crippen LogP contribution in [0.25, 0.3) is 0 Å². The molecule has 0 radical (unpaired) electrons. The second-order valence-corrected chi connectivity index (χ2v) is 8.52. The quantitative estimate of drug-likeness (QED) is 0.0585. The molecule has 0 fully saturated rings. The van der Waals surface area contributed by atoms with Gasteiger partial charge in [0.2, 0.25) is 0 Å². The number of non-ortho nitro benzene ring substituents is 1. The van der Waals surface area contributed by atoms with Crippen LogP contribution in [0.5, 0.6) is 0 Å². The van der Waals surface area contributed by atoms with Gasteiger partial charge in [-0.1, -0.05) is 15.9 Å². The topological polar surface area (TPSA) is 172 Å². The van der Waals surface area contributed by atoms with Gasteiger partial charge in [0, 0.05) is 17.9 Å². The predicted octanol–water partition coefficient (Wildman–Crippen LogP) is 2.44. The van der Waals surface area contributed by atoms with Crippen LogP contribution in [0, 0.1) is 20.2 Å². The van der Waals surface area contributed by atoms with Crippen molar-refractivity contribution >= 4 is 33.0 Å². The van der Waals surface area contributed by atoms with E-state index in [0.717, 1.165) is 11.4 Å². The lowest BCUT2D eigenvalue weighted by molar-refractivity contribution is -0.393. The number of nitro groups is 2. The Labute approximate surface area is 242 Å². The first-order valence-electron chi connectivity index (χ1n) is 12.9. The summed E-state index contributed by atoms with van der Waals surface area (Å²) in [6, 6.07) is 3.43. The van der Waals surface area contributed by atoms with Gasteiger partial charge in [0.15, 0.2) is 0 Å². The van der Waals surface area contributed by atoms with Crippen molar-refractivity contribution in [3.8, 4) is 0 Å². The van der Waals surface area contributed by atoms with E-state index < -0.39 is 9.85 Å². The fourth-order valence-electron chi connectivity index (χ4n) is 2.89. The number of rotatable bonds is 29. The van der Waals surface area contributed by atoms with Gasteiger partial charge in [0.1, 0.15) is 5.69 Å². The second-order valence-electron chi connectivity index (χ2n) is 7.73.